The van der Waals surface area contributed by atoms with Gasteiger partial charge in [0.25, 0.3) is 0 Å². The number of pyridine rings is 1. The van der Waals surface area contributed by atoms with Crippen LogP contribution in [0.2, 0.25) is 5.02 Å². The van der Waals surface area contributed by atoms with E-state index in [4.69, 9.17) is 25.8 Å². The molecule has 1 aromatic heterocycles. The lowest BCUT2D eigenvalue weighted by Gasteiger charge is -2.28. The molecule has 272 valence electrons. The number of halogens is 3. The maximum absolute atomic E-state index is 13.9. The molecule has 4 amide bonds. The molecule has 2 atom stereocenters. The van der Waals surface area contributed by atoms with Crippen LogP contribution in [0, 0.1) is 17.6 Å². The summed E-state index contributed by atoms with van der Waals surface area (Å²) in [5.41, 5.74) is -0.354. The fraction of sp³-hybridized carbons (Fsp3) is 0.457. The summed E-state index contributed by atoms with van der Waals surface area (Å²) in [6.45, 7) is 8.45. The fourth-order valence-corrected chi connectivity index (χ4v) is 4.90. The van der Waals surface area contributed by atoms with Crippen LogP contribution in [0.15, 0.2) is 48.7 Å². The molecule has 3 aromatic rings. The van der Waals surface area contributed by atoms with E-state index in [0.29, 0.717) is 35.6 Å². The molecule has 3 rings (SSSR count). The quantitative estimate of drug-likeness (QED) is 0.0901. The third-order valence-electron chi connectivity index (χ3n) is 7.42. The summed E-state index contributed by atoms with van der Waals surface area (Å²) in [4.78, 5) is 56.3. The maximum Gasteiger partial charge on any atom is 0.412 e. The molecule has 0 spiro atoms. The van der Waals surface area contributed by atoms with E-state index in [9.17, 15) is 28.0 Å². The van der Waals surface area contributed by atoms with E-state index in [0.717, 1.165) is 0 Å². The van der Waals surface area contributed by atoms with Gasteiger partial charge in [-0.3, -0.25) is 5.32 Å². The summed E-state index contributed by atoms with van der Waals surface area (Å²) >= 11 is 6.03. The number of fused-ring (bicyclic) bond motifs is 1. The third kappa shape index (κ3) is 12.6. The first-order valence-electron chi connectivity index (χ1n) is 16.1. The molecule has 3 N–H and O–H groups in total. The molecule has 1 heterocycles. The number of urea groups is 1. The van der Waals surface area contributed by atoms with E-state index < -0.39 is 53.5 Å². The molecular formula is C35H44ClF2N5O7. The van der Waals surface area contributed by atoms with Gasteiger partial charge in [-0.2, -0.15) is 0 Å². The fourth-order valence-electron chi connectivity index (χ4n) is 4.70. The summed E-state index contributed by atoms with van der Waals surface area (Å²) in [6, 6.07) is 7.89. The van der Waals surface area contributed by atoms with Gasteiger partial charge in [0.1, 0.15) is 35.7 Å². The Bertz CT molecular complexity index is 1650. The zero-order valence-electron chi connectivity index (χ0n) is 29.0. The second kappa shape index (κ2) is 18.3. The van der Waals surface area contributed by atoms with Crippen LogP contribution in [-0.2, 0) is 25.5 Å². The highest BCUT2D eigenvalue weighted by Crippen LogP contribution is 2.20. The van der Waals surface area contributed by atoms with Crippen LogP contribution in [0.4, 0.5) is 29.0 Å². The lowest BCUT2D eigenvalue weighted by molar-refractivity contribution is -0.147. The number of esters is 1. The van der Waals surface area contributed by atoms with Gasteiger partial charge in [0.15, 0.2) is 0 Å². The van der Waals surface area contributed by atoms with Crippen LogP contribution >= 0.6 is 11.6 Å². The van der Waals surface area contributed by atoms with Crippen molar-refractivity contribution in [3.63, 3.8) is 0 Å². The first kappa shape index (κ1) is 39.7. The SMILES string of the molecule is CC(C)[C@@H](NC(=O)OC(C)(C)C)C(=O)OCCCC[C@@H](COC(=O)Nc1cc2cc(F)ccc2cn1)N(C)C(=O)NCc1cccc(F)c1Cl. The van der Waals surface area contributed by atoms with Crippen LogP contribution in [0.3, 0.4) is 0 Å². The van der Waals surface area contributed by atoms with Gasteiger partial charge in [-0.1, -0.05) is 37.6 Å². The highest BCUT2D eigenvalue weighted by molar-refractivity contribution is 6.31. The van der Waals surface area contributed by atoms with Crippen LogP contribution in [0.25, 0.3) is 10.8 Å². The zero-order chi connectivity index (χ0) is 37.0. The standard InChI is InChI=1S/C35H44ClF2N5O7/c1-21(2)30(42-34(47)50-35(3,4)5)31(44)48-15-8-7-11-26(43(6)32(45)40-19-23-10-9-12-27(38)29(23)36)20-49-33(46)41-28-17-24-16-25(37)14-13-22(24)18-39-28/h9-10,12-14,16-18,21,26,30H,7-8,11,15,19-20H2,1-6H3,(H,40,45)(H,42,47)(H,39,41,46)/t26-,30+/m0/s1. The van der Waals surface area contributed by atoms with Gasteiger partial charge in [-0.25, -0.2) is 32.9 Å². The largest absolute Gasteiger partial charge is 0.464 e. The van der Waals surface area contributed by atoms with Gasteiger partial charge in [-0.15, -0.1) is 0 Å². The average Bonchev–Trinajstić information content (AvgIpc) is 3.03. The molecule has 0 aliphatic heterocycles. The molecule has 0 radical (unpaired) electrons. The molecule has 0 fully saturated rings. The van der Waals surface area contributed by atoms with Crippen LogP contribution in [0.5, 0.6) is 0 Å². The van der Waals surface area contributed by atoms with E-state index in [1.165, 1.54) is 48.5 Å². The Morgan fingerprint density at radius 3 is 2.42 bits per heavy atom. The van der Waals surface area contributed by atoms with Gasteiger partial charge in [0, 0.05) is 25.2 Å². The van der Waals surface area contributed by atoms with Gasteiger partial charge in [0.05, 0.1) is 17.7 Å². The van der Waals surface area contributed by atoms with Gasteiger partial charge in [0.2, 0.25) is 0 Å². The van der Waals surface area contributed by atoms with Crippen LogP contribution < -0.4 is 16.0 Å². The van der Waals surface area contributed by atoms with Crippen molar-refractivity contribution in [2.45, 2.75) is 78.1 Å². The van der Waals surface area contributed by atoms with E-state index in [2.05, 4.69) is 20.9 Å². The summed E-state index contributed by atoms with van der Waals surface area (Å²) in [5, 5.41) is 8.86. The number of benzene rings is 2. The predicted molar refractivity (Wildman–Crippen MR) is 185 cm³/mol. The van der Waals surface area contributed by atoms with E-state index in [-0.39, 0.29) is 36.5 Å². The summed E-state index contributed by atoms with van der Waals surface area (Å²) in [7, 11) is 1.52. The Morgan fingerprint density at radius 2 is 1.72 bits per heavy atom. The number of rotatable bonds is 14. The molecule has 15 heteroatoms. The molecule has 0 saturated carbocycles. The van der Waals surface area contributed by atoms with Gasteiger partial charge in [-0.05, 0) is 87.2 Å². The molecule has 0 unspecified atom stereocenters. The van der Waals surface area contributed by atoms with Crippen molar-refractivity contribution in [3.8, 4) is 0 Å². The number of hydrogen-bond acceptors (Lipinski definition) is 8. The number of aromatic nitrogens is 1. The van der Waals surface area contributed by atoms with Crippen molar-refractivity contribution >= 4 is 52.4 Å². The molecule has 0 saturated heterocycles. The topological polar surface area (TPSA) is 148 Å². The second-order valence-electron chi connectivity index (χ2n) is 13.0. The number of ether oxygens (including phenoxy) is 3. The molecule has 2 aromatic carbocycles. The van der Waals surface area contributed by atoms with Crippen LogP contribution in [0.1, 0.15) is 59.4 Å². The zero-order valence-corrected chi connectivity index (χ0v) is 29.7. The van der Waals surface area contributed by atoms with Crippen molar-refractivity contribution in [1.29, 1.82) is 0 Å². The smallest absolute Gasteiger partial charge is 0.412 e. The average molecular weight is 720 g/mol. The summed E-state index contributed by atoms with van der Waals surface area (Å²) in [5.74, 6) is -1.78. The lowest BCUT2D eigenvalue weighted by Crippen LogP contribution is -2.47. The number of nitrogens with one attached hydrogen (secondary N) is 3. The lowest BCUT2D eigenvalue weighted by atomic mass is 10.1. The summed E-state index contributed by atoms with van der Waals surface area (Å²) < 4.78 is 43.7. The number of anilines is 1. The third-order valence-corrected chi connectivity index (χ3v) is 7.84. The minimum absolute atomic E-state index is 0.0360. The molecule has 0 bridgehead atoms. The Morgan fingerprint density at radius 1 is 0.980 bits per heavy atom. The van der Waals surface area contributed by atoms with E-state index >= 15 is 0 Å². The predicted octanol–water partition coefficient (Wildman–Crippen LogP) is 7.19. The number of hydrogen-bond donors (Lipinski definition) is 3. The van der Waals surface area contributed by atoms with Crippen molar-refractivity contribution in [1.82, 2.24) is 20.5 Å². The highest BCUT2D eigenvalue weighted by atomic mass is 35.5. The highest BCUT2D eigenvalue weighted by Gasteiger charge is 2.28. The number of carbonyl (C=O) groups is 4. The first-order chi connectivity index (χ1) is 23.5. The minimum Gasteiger partial charge on any atom is -0.464 e. The number of nitrogens with zero attached hydrogens (tertiary/aromatic N) is 2. The van der Waals surface area contributed by atoms with Crippen molar-refractivity contribution in [2.24, 2.45) is 5.92 Å². The van der Waals surface area contributed by atoms with Crippen molar-refractivity contribution in [2.75, 3.05) is 25.6 Å². The van der Waals surface area contributed by atoms with Gasteiger partial charge < -0.3 is 29.7 Å². The van der Waals surface area contributed by atoms with Crippen molar-refractivity contribution in [3.05, 3.63) is 70.9 Å². The second-order valence-corrected chi connectivity index (χ2v) is 13.3. The van der Waals surface area contributed by atoms with Gasteiger partial charge >= 0.3 is 24.2 Å². The number of unbranched alkanes of at least 4 members (excludes halogenated alkanes) is 1. The minimum atomic E-state index is -0.915. The molecule has 0 aliphatic carbocycles. The Balaban J connectivity index is 1.59. The Hall–Kier alpha value is -4.72. The first-order valence-corrected chi connectivity index (χ1v) is 16.5. The molecule has 50 heavy (non-hydrogen) atoms. The maximum atomic E-state index is 13.9. The van der Waals surface area contributed by atoms with Crippen LogP contribution in [-0.4, -0.2) is 72.0 Å². The number of carbonyl (C=O) groups excluding carboxylic acids is 4. The number of alkyl carbamates (subject to hydrolysis) is 1. The number of amides is 4. The Labute approximate surface area is 295 Å². The summed E-state index contributed by atoms with van der Waals surface area (Å²) in [6.07, 6.45) is 1.11. The number of likely N-dealkylation sites (N-methyl/N-ethyl adjacent to an activating group) is 1. The van der Waals surface area contributed by atoms with Crippen molar-refractivity contribution < 1.29 is 42.2 Å². The molecular weight excluding hydrogens is 676 g/mol. The van der Waals surface area contributed by atoms with E-state index in [1.54, 1.807) is 46.8 Å². The van der Waals surface area contributed by atoms with E-state index in [1.807, 2.05) is 0 Å². The monoisotopic (exact) mass is 719 g/mol. The Kier molecular flexibility index (Phi) is 14.6. The normalized spacial score (nSPS) is 12.5. The molecule has 0 aliphatic rings. The molecule has 12 nitrogen and oxygen atoms in total.